The van der Waals surface area contributed by atoms with Crippen molar-refractivity contribution < 1.29 is 23.1 Å². The van der Waals surface area contributed by atoms with E-state index in [0.29, 0.717) is 19.5 Å². The zero-order valence-electron chi connectivity index (χ0n) is 13.0. The number of carbonyl (C=O) groups excluding carboxylic acids is 1. The van der Waals surface area contributed by atoms with Crippen LogP contribution in [0, 0.1) is 0 Å². The lowest BCUT2D eigenvalue weighted by molar-refractivity contribution is -0.137. The lowest BCUT2D eigenvalue weighted by Gasteiger charge is -2.18. The highest BCUT2D eigenvalue weighted by atomic mass is 32.2. The summed E-state index contributed by atoms with van der Waals surface area (Å²) in [5.74, 6) is -1.45. The summed E-state index contributed by atoms with van der Waals surface area (Å²) in [5, 5.41) is 8.88. The molecular formula is C14H21N3O5S. The molecule has 0 unspecified atom stereocenters. The maximum atomic E-state index is 12.5. The molecule has 0 saturated carbocycles. The van der Waals surface area contributed by atoms with Crippen LogP contribution < -0.4 is 0 Å². The van der Waals surface area contributed by atoms with Crippen LogP contribution in [-0.4, -0.2) is 65.8 Å². The first-order valence-corrected chi connectivity index (χ1v) is 9.00. The van der Waals surface area contributed by atoms with Crippen molar-refractivity contribution in [1.82, 2.24) is 14.2 Å². The van der Waals surface area contributed by atoms with Gasteiger partial charge < -0.3 is 15.0 Å². The van der Waals surface area contributed by atoms with Gasteiger partial charge in [0.15, 0.2) is 0 Å². The second-order valence-corrected chi connectivity index (χ2v) is 7.42. The standard InChI is InChI=1S/C14H21N3O5S/c1-2-5-17(10-13(18)19)23(21,22)11-8-12(15-9-11)14(20)16-6-3-4-7-16/h8-9,15H,2-7,10H2,1H3,(H,18,19). The smallest absolute Gasteiger partial charge is 0.318 e. The van der Waals surface area contributed by atoms with Gasteiger partial charge in [0.2, 0.25) is 10.0 Å². The molecule has 1 saturated heterocycles. The molecule has 2 N–H and O–H groups in total. The van der Waals surface area contributed by atoms with Crippen LogP contribution in [0.4, 0.5) is 0 Å². The van der Waals surface area contributed by atoms with Gasteiger partial charge >= 0.3 is 5.97 Å². The van der Waals surface area contributed by atoms with Crippen molar-refractivity contribution in [3.05, 3.63) is 18.0 Å². The maximum absolute atomic E-state index is 12.5. The van der Waals surface area contributed by atoms with Crippen molar-refractivity contribution >= 4 is 21.9 Å². The van der Waals surface area contributed by atoms with E-state index < -0.39 is 22.5 Å². The fourth-order valence-corrected chi connectivity index (χ4v) is 4.05. The molecule has 0 spiro atoms. The Balaban J connectivity index is 2.22. The molecular weight excluding hydrogens is 322 g/mol. The van der Waals surface area contributed by atoms with Crippen molar-refractivity contribution in [2.45, 2.75) is 31.1 Å². The summed E-state index contributed by atoms with van der Waals surface area (Å²) in [6.45, 7) is 2.61. The van der Waals surface area contributed by atoms with Crippen LogP contribution in [-0.2, 0) is 14.8 Å². The third kappa shape index (κ3) is 3.91. The number of carboxylic acids is 1. The van der Waals surface area contributed by atoms with Crippen LogP contribution in [0.3, 0.4) is 0 Å². The van der Waals surface area contributed by atoms with Gasteiger partial charge in [0, 0.05) is 25.8 Å². The molecule has 0 atom stereocenters. The highest BCUT2D eigenvalue weighted by Crippen LogP contribution is 2.19. The Kier molecular flexibility index (Phi) is 5.42. The number of carboxylic acid groups (broad SMARTS) is 1. The van der Waals surface area contributed by atoms with E-state index in [0.717, 1.165) is 17.1 Å². The molecule has 9 heteroatoms. The molecule has 0 radical (unpaired) electrons. The van der Waals surface area contributed by atoms with E-state index in [1.165, 1.54) is 12.3 Å². The fraction of sp³-hybridized carbons (Fsp3) is 0.571. The topological polar surface area (TPSA) is 111 Å². The van der Waals surface area contributed by atoms with E-state index in [-0.39, 0.29) is 23.0 Å². The monoisotopic (exact) mass is 343 g/mol. The van der Waals surface area contributed by atoms with Gasteiger partial charge in [-0.2, -0.15) is 4.31 Å². The summed E-state index contributed by atoms with van der Waals surface area (Å²) in [7, 11) is -3.94. The van der Waals surface area contributed by atoms with E-state index >= 15 is 0 Å². The summed E-state index contributed by atoms with van der Waals surface area (Å²) in [4.78, 5) is 27.4. The van der Waals surface area contributed by atoms with Gasteiger partial charge in [-0.15, -0.1) is 0 Å². The number of H-pyrrole nitrogens is 1. The van der Waals surface area contributed by atoms with Gasteiger partial charge in [-0.3, -0.25) is 9.59 Å². The highest BCUT2D eigenvalue weighted by Gasteiger charge is 2.29. The molecule has 1 aliphatic heterocycles. The molecule has 23 heavy (non-hydrogen) atoms. The predicted octanol–water partition coefficient (Wildman–Crippen LogP) is 0.736. The number of likely N-dealkylation sites (tertiary alicyclic amines) is 1. The van der Waals surface area contributed by atoms with Gasteiger partial charge in [-0.25, -0.2) is 8.42 Å². The fourth-order valence-electron chi connectivity index (χ4n) is 2.57. The Morgan fingerprint density at radius 2 is 2.00 bits per heavy atom. The van der Waals surface area contributed by atoms with Crippen LogP contribution in [0.2, 0.25) is 0 Å². The average molecular weight is 343 g/mol. The number of nitrogens with zero attached hydrogens (tertiary/aromatic N) is 2. The molecule has 1 amide bonds. The van der Waals surface area contributed by atoms with Crippen LogP contribution >= 0.6 is 0 Å². The summed E-state index contributed by atoms with van der Waals surface area (Å²) < 4.78 is 26.0. The zero-order chi connectivity index (χ0) is 17.0. The summed E-state index contributed by atoms with van der Waals surface area (Å²) >= 11 is 0. The summed E-state index contributed by atoms with van der Waals surface area (Å²) in [5.41, 5.74) is 0.206. The molecule has 1 aromatic heterocycles. The molecule has 2 heterocycles. The number of hydrogen-bond acceptors (Lipinski definition) is 4. The predicted molar refractivity (Wildman–Crippen MR) is 82.6 cm³/mol. The van der Waals surface area contributed by atoms with Crippen LogP contribution in [0.25, 0.3) is 0 Å². The van der Waals surface area contributed by atoms with E-state index in [9.17, 15) is 18.0 Å². The van der Waals surface area contributed by atoms with Crippen LogP contribution in [0.5, 0.6) is 0 Å². The molecule has 0 bridgehead atoms. The Labute approximate surface area is 135 Å². The molecule has 0 aromatic carbocycles. The Hall–Kier alpha value is -1.87. The minimum Gasteiger partial charge on any atom is -0.480 e. The Bertz CT molecular complexity index is 676. The number of nitrogens with one attached hydrogen (secondary N) is 1. The molecule has 1 fully saturated rings. The molecule has 1 aliphatic rings. The largest absolute Gasteiger partial charge is 0.480 e. The quantitative estimate of drug-likeness (QED) is 0.758. The van der Waals surface area contributed by atoms with E-state index in [1.807, 2.05) is 0 Å². The van der Waals surface area contributed by atoms with Gasteiger partial charge in [0.1, 0.15) is 17.1 Å². The Morgan fingerprint density at radius 1 is 1.35 bits per heavy atom. The minimum absolute atomic E-state index is 0.0882. The number of amides is 1. The first kappa shape index (κ1) is 17.5. The second-order valence-electron chi connectivity index (χ2n) is 5.48. The first-order chi connectivity index (χ1) is 10.9. The number of hydrogen-bond donors (Lipinski definition) is 2. The highest BCUT2D eigenvalue weighted by molar-refractivity contribution is 7.89. The van der Waals surface area contributed by atoms with Crippen LogP contribution in [0.1, 0.15) is 36.7 Å². The second kappa shape index (κ2) is 7.14. The summed E-state index contributed by atoms with van der Waals surface area (Å²) in [6.07, 6.45) is 3.63. The Morgan fingerprint density at radius 3 is 2.57 bits per heavy atom. The van der Waals surface area contributed by atoms with E-state index in [2.05, 4.69) is 4.98 Å². The summed E-state index contributed by atoms with van der Waals surface area (Å²) in [6, 6.07) is 1.28. The third-order valence-corrected chi connectivity index (χ3v) is 5.53. The van der Waals surface area contributed by atoms with Crippen molar-refractivity contribution in [3.63, 3.8) is 0 Å². The lowest BCUT2D eigenvalue weighted by Crippen LogP contribution is -2.36. The number of aromatic amines is 1. The van der Waals surface area contributed by atoms with E-state index in [1.54, 1.807) is 11.8 Å². The first-order valence-electron chi connectivity index (χ1n) is 7.56. The van der Waals surface area contributed by atoms with Crippen LogP contribution in [0.15, 0.2) is 17.2 Å². The normalized spacial score (nSPS) is 15.3. The van der Waals surface area contributed by atoms with Crippen molar-refractivity contribution in [2.75, 3.05) is 26.2 Å². The number of rotatable bonds is 7. The van der Waals surface area contributed by atoms with Gasteiger partial charge in [0.25, 0.3) is 5.91 Å². The average Bonchev–Trinajstić information content (AvgIpc) is 3.17. The van der Waals surface area contributed by atoms with E-state index in [4.69, 9.17) is 5.11 Å². The lowest BCUT2D eigenvalue weighted by atomic mass is 10.4. The molecule has 0 aliphatic carbocycles. The zero-order valence-corrected chi connectivity index (χ0v) is 13.8. The van der Waals surface area contributed by atoms with Gasteiger partial charge in [-0.1, -0.05) is 6.92 Å². The van der Waals surface area contributed by atoms with Gasteiger partial charge in [0.05, 0.1) is 0 Å². The third-order valence-electron chi connectivity index (χ3n) is 3.70. The number of aliphatic carboxylic acids is 1. The van der Waals surface area contributed by atoms with Crippen molar-refractivity contribution in [1.29, 1.82) is 0 Å². The number of sulfonamides is 1. The SMILES string of the molecule is CCCN(CC(=O)O)S(=O)(=O)c1c[nH]c(C(=O)N2CCCC2)c1. The molecule has 2 rings (SSSR count). The van der Waals surface area contributed by atoms with Crippen molar-refractivity contribution in [2.24, 2.45) is 0 Å². The number of carbonyl (C=O) groups is 2. The van der Waals surface area contributed by atoms with Crippen molar-refractivity contribution in [3.8, 4) is 0 Å². The molecule has 8 nitrogen and oxygen atoms in total. The molecule has 128 valence electrons. The molecule has 1 aromatic rings. The maximum Gasteiger partial charge on any atom is 0.318 e. The van der Waals surface area contributed by atoms with Gasteiger partial charge in [-0.05, 0) is 25.3 Å². The minimum atomic E-state index is -3.94. The number of aromatic nitrogens is 1.